The lowest BCUT2D eigenvalue weighted by Gasteiger charge is -2.21. The van der Waals surface area contributed by atoms with Gasteiger partial charge in [0.1, 0.15) is 6.10 Å². The van der Waals surface area contributed by atoms with Crippen LogP contribution in [0.25, 0.3) is 0 Å². The van der Waals surface area contributed by atoms with Gasteiger partial charge in [-0.2, -0.15) is 0 Å². The predicted molar refractivity (Wildman–Crippen MR) is 113 cm³/mol. The molecule has 1 saturated heterocycles. The monoisotopic (exact) mass is 429 g/mol. The highest BCUT2D eigenvalue weighted by Crippen LogP contribution is 2.33. The standard InChI is InChI=1S/C21H23N3O5S/c1-14(25)22-16-6-8-18(9-7-16)30(27,28)23-17-5-4-15-10-11-24(19(15)13-17)21(26)20-3-2-12-29-20/h4-9,13,20,23H,2-3,10-12H2,1H3,(H,22,25). The minimum absolute atomic E-state index is 0.0696. The number of carbonyl (C=O) groups is 2. The van der Waals surface area contributed by atoms with E-state index in [4.69, 9.17) is 4.74 Å². The highest BCUT2D eigenvalue weighted by atomic mass is 32.2. The number of carbonyl (C=O) groups excluding carboxylic acids is 2. The maximum Gasteiger partial charge on any atom is 0.261 e. The van der Waals surface area contributed by atoms with Crippen LogP contribution in [0.3, 0.4) is 0 Å². The number of nitrogens with zero attached hydrogens (tertiary/aromatic N) is 1. The molecule has 0 aliphatic carbocycles. The van der Waals surface area contributed by atoms with Crippen molar-refractivity contribution in [1.82, 2.24) is 0 Å². The van der Waals surface area contributed by atoms with Gasteiger partial charge in [-0.25, -0.2) is 8.42 Å². The molecule has 0 aromatic heterocycles. The van der Waals surface area contributed by atoms with Crippen molar-refractivity contribution in [1.29, 1.82) is 0 Å². The average molecular weight is 429 g/mol. The number of hydrogen-bond donors (Lipinski definition) is 2. The second-order valence-corrected chi connectivity index (χ2v) is 9.08. The molecule has 8 nitrogen and oxygen atoms in total. The molecular formula is C21H23N3O5S. The summed E-state index contributed by atoms with van der Waals surface area (Å²) in [5.74, 6) is -0.302. The fraction of sp³-hybridized carbons (Fsp3) is 0.333. The Balaban J connectivity index is 1.53. The number of amides is 2. The Kier molecular flexibility index (Phi) is 5.48. The number of hydrogen-bond acceptors (Lipinski definition) is 5. The topological polar surface area (TPSA) is 105 Å². The van der Waals surface area contributed by atoms with Gasteiger partial charge in [-0.15, -0.1) is 0 Å². The number of rotatable bonds is 5. The summed E-state index contributed by atoms with van der Waals surface area (Å²) in [5.41, 5.74) is 2.62. The molecule has 0 saturated carbocycles. The van der Waals surface area contributed by atoms with E-state index < -0.39 is 16.1 Å². The molecule has 2 aromatic rings. The molecule has 2 aromatic carbocycles. The van der Waals surface area contributed by atoms with Crippen molar-refractivity contribution < 1.29 is 22.7 Å². The van der Waals surface area contributed by atoms with Crippen molar-refractivity contribution in [2.45, 2.75) is 37.2 Å². The van der Waals surface area contributed by atoms with E-state index in [2.05, 4.69) is 10.0 Å². The highest BCUT2D eigenvalue weighted by molar-refractivity contribution is 7.92. The van der Waals surface area contributed by atoms with Crippen LogP contribution in [0.5, 0.6) is 0 Å². The van der Waals surface area contributed by atoms with Crippen molar-refractivity contribution in [2.75, 3.05) is 28.1 Å². The fourth-order valence-corrected chi connectivity index (χ4v) is 4.80. The zero-order chi connectivity index (χ0) is 21.3. The minimum Gasteiger partial charge on any atom is -0.368 e. The maximum atomic E-state index is 12.8. The van der Waals surface area contributed by atoms with Crippen LogP contribution in [0.15, 0.2) is 47.4 Å². The molecule has 2 aliphatic rings. The quantitative estimate of drug-likeness (QED) is 0.760. The molecule has 1 atom stereocenters. The molecule has 0 radical (unpaired) electrons. The molecule has 0 bridgehead atoms. The van der Waals surface area contributed by atoms with Crippen LogP contribution in [0, 0.1) is 0 Å². The maximum absolute atomic E-state index is 12.8. The van der Waals surface area contributed by atoms with E-state index in [1.165, 1.54) is 31.2 Å². The fourth-order valence-electron chi connectivity index (χ4n) is 3.75. The van der Waals surface area contributed by atoms with Gasteiger partial charge in [0.05, 0.1) is 10.6 Å². The SMILES string of the molecule is CC(=O)Nc1ccc(S(=O)(=O)Nc2ccc3c(c2)N(C(=O)C2CCCO2)CC3)cc1. The lowest BCUT2D eigenvalue weighted by atomic mass is 10.1. The second-order valence-electron chi connectivity index (χ2n) is 7.40. The predicted octanol–water partition coefficient (Wildman–Crippen LogP) is 2.51. The number of sulfonamides is 1. The summed E-state index contributed by atoms with van der Waals surface area (Å²) in [6.07, 6.45) is 1.90. The Bertz CT molecular complexity index is 1080. The Labute approximate surface area is 175 Å². The summed E-state index contributed by atoms with van der Waals surface area (Å²) >= 11 is 0. The number of ether oxygens (including phenoxy) is 1. The van der Waals surface area contributed by atoms with E-state index in [-0.39, 0.29) is 16.7 Å². The van der Waals surface area contributed by atoms with Gasteiger partial charge in [-0.1, -0.05) is 6.07 Å². The van der Waals surface area contributed by atoms with Crippen molar-refractivity contribution in [3.63, 3.8) is 0 Å². The molecule has 2 heterocycles. The van der Waals surface area contributed by atoms with Crippen LogP contribution in [0.1, 0.15) is 25.3 Å². The van der Waals surface area contributed by atoms with E-state index in [0.717, 1.165) is 24.1 Å². The van der Waals surface area contributed by atoms with Gasteiger partial charge in [0.2, 0.25) is 5.91 Å². The summed E-state index contributed by atoms with van der Waals surface area (Å²) in [4.78, 5) is 25.6. The van der Waals surface area contributed by atoms with Crippen LogP contribution in [-0.2, 0) is 30.8 Å². The molecule has 4 rings (SSSR count). The Morgan fingerprint density at radius 3 is 2.50 bits per heavy atom. The molecule has 9 heteroatoms. The molecule has 30 heavy (non-hydrogen) atoms. The van der Waals surface area contributed by atoms with Crippen molar-refractivity contribution in [3.05, 3.63) is 48.0 Å². The average Bonchev–Trinajstić information content (AvgIpc) is 3.37. The Morgan fingerprint density at radius 1 is 1.10 bits per heavy atom. The molecule has 1 unspecified atom stereocenters. The van der Waals surface area contributed by atoms with Gasteiger partial charge in [0.25, 0.3) is 15.9 Å². The van der Waals surface area contributed by atoms with E-state index in [1.807, 2.05) is 6.07 Å². The Hall–Kier alpha value is -2.91. The van der Waals surface area contributed by atoms with Crippen molar-refractivity contribution in [3.8, 4) is 0 Å². The van der Waals surface area contributed by atoms with Crippen LogP contribution in [-0.4, -0.2) is 39.5 Å². The van der Waals surface area contributed by atoms with Crippen LogP contribution in [0.2, 0.25) is 0 Å². The second kappa shape index (κ2) is 8.08. The van der Waals surface area contributed by atoms with E-state index >= 15 is 0 Å². The summed E-state index contributed by atoms with van der Waals surface area (Å²) in [5, 5.41) is 2.60. The first-order valence-corrected chi connectivity index (χ1v) is 11.3. The number of fused-ring (bicyclic) bond motifs is 1. The third-order valence-corrected chi connectivity index (χ3v) is 6.59. The molecule has 2 N–H and O–H groups in total. The third-order valence-electron chi connectivity index (χ3n) is 5.19. The van der Waals surface area contributed by atoms with Gasteiger partial charge in [-0.3, -0.25) is 14.3 Å². The van der Waals surface area contributed by atoms with E-state index in [0.29, 0.717) is 30.9 Å². The van der Waals surface area contributed by atoms with Crippen LogP contribution < -0.4 is 14.9 Å². The summed E-state index contributed by atoms with van der Waals surface area (Å²) < 4.78 is 33.6. The van der Waals surface area contributed by atoms with Crippen molar-refractivity contribution in [2.24, 2.45) is 0 Å². The number of benzene rings is 2. The van der Waals surface area contributed by atoms with E-state index in [1.54, 1.807) is 17.0 Å². The van der Waals surface area contributed by atoms with Gasteiger partial charge in [-0.05, 0) is 61.2 Å². The summed E-state index contributed by atoms with van der Waals surface area (Å²) in [7, 11) is -3.82. The molecule has 2 aliphatic heterocycles. The first-order valence-electron chi connectivity index (χ1n) is 9.80. The van der Waals surface area contributed by atoms with Crippen molar-refractivity contribution >= 4 is 38.9 Å². The lowest BCUT2D eigenvalue weighted by molar-refractivity contribution is -0.127. The largest absolute Gasteiger partial charge is 0.368 e. The van der Waals surface area contributed by atoms with Crippen LogP contribution in [0.4, 0.5) is 17.1 Å². The summed E-state index contributed by atoms with van der Waals surface area (Å²) in [6.45, 7) is 2.54. The van der Waals surface area contributed by atoms with E-state index in [9.17, 15) is 18.0 Å². The third kappa shape index (κ3) is 4.17. The smallest absolute Gasteiger partial charge is 0.261 e. The molecular weight excluding hydrogens is 406 g/mol. The first kappa shape index (κ1) is 20.4. The first-order chi connectivity index (χ1) is 14.3. The molecule has 2 amide bonds. The Morgan fingerprint density at radius 2 is 1.83 bits per heavy atom. The minimum atomic E-state index is -3.82. The number of nitrogens with one attached hydrogen (secondary N) is 2. The van der Waals surface area contributed by atoms with Gasteiger partial charge >= 0.3 is 0 Å². The zero-order valence-electron chi connectivity index (χ0n) is 16.6. The van der Waals surface area contributed by atoms with Gasteiger partial charge in [0, 0.05) is 31.5 Å². The van der Waals surface area contributed by atoms with Crippen LogP contribution >= 0.6 is 0 Å². The normalized spacial score (nSPS) is 18.2. The summed E-state index contributed by atoms with van der Waals surface area (Å²) in [6, 6.07) is 11.1. The lowest BCUT2D eigenvalue weighted by Crippen LogP contribution is -2.37. The highest BCUT2D eigenvalue weighted by Gasteiger charge is 2.33. The molecule has 158 valence electrons. The zero-order valence-corrected chi connectivity index (χ0v) is 17.4. The van der Waals surface area contributed by atoms with Gasteiger partial charge in [0.15, 0.2) is 0 Å². The van der Waals surface area contributed by atoms with Gasteiger partial charge < -0.3 is 15.0 Å². The molecule has 1 fully saturated rings. The molecule has 0 spiro atoms. The number of anilines is 3.